The number of para-hydroxylation sites is 1. The molecule has 1 saturated heterocycles. The molecule has 2 N–H and O–H groups in total. The highest BCUT2D eigenvalue weighted by molar-refractivity contribution is 7.17. The molecule has 1 unspecified atom stereocenters. The number of ether oxygens (including phenoxy) is 2. The van der Waals surface area contributed by atoms with E-state index in [9.17, 15) is 9.59 Å². The Morgan fingerprint density at radius 2 is 2.04 bits per heavy atom. The predicted molar refractivity (Wildman–Crippen MR) is 108 cm³/mol. The van der Waals surface area contributed by atoms with E-state index >= 15 is 0 Å². The van der Waals surface area contributed by atoms with E-state index in [2.05, 4.69) is 10.6 Å². The van der Waals surface area contributed by atoms with Gasteiger partial charge in [0.05, 0.1) is 11.7 Å². The number of amides is 2. The predicted octanol–water partition coefficient (Wildman–Crippen LogP) is 3.16. The largest absolute Gasteiger partial charge is 0.484 e. The number of hydrogen-bond donors (Lipinski definition) is 2. The molecule has 1 aromatic heterocycles. The quantitative estimate of drug-likeness (QED) is 0.749. The highest BCUT2D eigenvalue weighted by atomic mass is 32.1. The first-order chi connectivity index (χ1) is 13.7. The fourth-order valence-corrected chi connectivity index (χ4v) is 4.96. The van der Waals surface area contributed by atoms with E-state index in [-0.39, 0.29) is 24.5 Å². The lowest BCUT2D eigenvalue weighted by atomic mass is 10.1. The number of nitrogens with one attached hydrogen (secondary N) is 2. The number of anilines is 1. The fraction of sp³-hybridized carbons (Fsp3) is 0.429. The molecule has 1 aromatic carbocycles. The number of hydrogen-bond acceptors (Lipinski definition) is 5. The number of fused-ring (bicyclic) bond motifs is 1. The Balaban J connectivity index is 1.41. The number of aryl methyl sites for hydroxylation is 1. The molecule has 2 aromatic rings. The number of carbonyl (C=O) groups excluding carboxylic acids is 2. The first-order valence-electron chi connectivity index (χ1n) is 9.73. The Labute approximate surface area is 168 Å². The summed E-state index contributed by atoms with van der Waals surface area (Å²) < 4.78 is 11.1. The maximum atomic E-state index is 12.9. The summed E-state index contributed by atoms with van der Waals surface area (Å²) in [6.07, 6.45) is 5.00. The van der Waals surface area contributed by atoms with Crippen LogP contribution in [-0.4, -0.2) is 37.7 Å². The van der Waals surface area contributed by atoms with Crippen molar-refractivity contribution >= 4 is 28.2 Å². The van der Waals surface area contributed by atoms with E-state index in [0.29, 0.717) is 22.9 Å². The fourth-order valence-electron chi connectivity index (χ4n) is 3.66. The first-order valence-corrected chi connectivity index (χ1v) is 10.5. The van der Waals surface area contributed by atoms with Gasteiger partial charge in [0.25, 0.3) is 11.8 Å². The van der Waals surface area contributed by atoms with Gasteiger partial charge in [-0.15, -0.1) is 11.3 Å². The van der Waals surface area contributed by atoms with Crippen molar-refractivity contribution in [3.05, 3.63) is 46.3 Å². The van der Waals surface area contributed by atoms with Gasteiger partial charge in [0, 0.05) is 18.0 Å². The van der Waals surface area contributed by atoms with Crippen LogP contribution in [0.5, 0.6) is 5.75 Å². The Bertz CT molecular complexity index is 844. The molecule has 0 saturated carbocycles. The summed E-state index contributed by atoms with van der Waals surface area (Å²) in [5.74, 6) is 0.243. The lowest BCUT2D eigenvalue weighted by molar-refractivity contribution is -0.118. The summed E-state index contributed by atoms with van der Waals surface area (Å²) in [6.45, 7) is 1.18. The Kier molecular flexibility index (Phi) is 5.92. The van der Waals surface area contributed by atoms with E-state index in [1.807, 2.05) is 18.2 Å². The van der Waals surface area contributed by atoms with Gasteiger partial charge in [0.1, 0.15) is 10.8 Å². The van der Waals surface area contributed by atoms with E-state index in [4.69, 9.17) is 9.47 Å². The molecule has 1 aliphatic carbocycles. The third-order valence-electron chi connectivity index (χ3n) is 5.03. The summed E-state index contributed by atoms with van der Waals surface area (Å²) in [7, 11) is 0. The Morgan fingerprint density at radius 3 is 2.82 bits per heavy atom. The summed E-state index contributed by atoms with van der Waals surface area (Å²) in [5.41, 5.74) is 1.69. The van der Waals surface area contributed by atoms with Crippen LogP contribution in [0.15, 0.2) is 30.3 Å². The van der Waals surface area contributed by atoms with Crippen LogP contribution in [0.25, 0.3) is 0 Å². The van der Waals surface area contributed by atoms with E-state index in [0.717, 1.165) is 44.3 Å². The maximum Gasteiger partial charge on any atom is 0.262 e. The van der Waals surface area contributed by atoms with Crippen molar-refractivity contribution in [2.45, 2.75) is 38.2 Å². The zero-order valence-corrected chi connectivity index (χ0v) is 16.5. The molecular formula is C21H24N2O4S. The van der Waals surface area contributed by atoms with Gasteiger partial charge in [-0.3, -0.25) is 9.59 Å². The van der Waals surface area contributed by atoms with Crippen molar-refractivity contribution in [2.24, 2.45) is 0 Å². The molecule has 2 heterocycles. The summed E-state index contributed by atoms with van der Waals surface area (Å²) in [5, 5.41) is 6.49. The van der Waals surface area contributed by atoms with Crippen molar-refractivity contribution in [2.75, 3.05) is 25.1 Å². The highest BCUT2D eigenvalue weighted by Crippen LogP contribution is 2.39. The number of benzene rings is 1. The monoisotopic (exact) mass is 400 g/mol. The van der Waals surface area contributed by atoms with Crippen molar-refractivity contribution in [3.8, 4) is 5.75 Å². The minimum atomic E-state index is -0.267. The SMILES string of the molecule is O=C(COc1ccccc1)Nc1sc2c(c1C(=O)NCC1CCCO1)CCC2. The molecule has 2 aliphatic rings. The molecular weight excluding hydrogens is 376 g/mol. The lowest BCUT2D eigenvalue weighted by Crippen LogP contribution is -2.32. The third-order valence-corrected chi connectivity index (χ3v) is 6.24. The van der Waals surface area contributed by atoms with Crippen LogP contribution in [0.4, 0.5) is 5.00 Å². The molecule has 1 aliphatic heterocycles. The summed E-state index contributed by atoms with van der Waals surface area (Å²) >= 11 is 1.51. The van der Waals surface area contributed by atoms with Gasteiger partial charge in [0.2, 0.25) is 0 Å². The van der Waals surface area contributed by atoms with E-state index < -0.39 is 0 Å². The molecule has 1 atom stereocenters. The van der Waals surface area contributed by atoms with Crippen molar-refractivity contribution in [3.63, 3.8) is 0 Å². The van der Waals surface area contributed by atoms with Crippen molar-refractivity contribution < 1.29 is 19.1 Å². The number of rotatable bonds is 7. The molecule has 1 fully saturated rings. The van der Waals surface area contributed by atoms with Crippen molar-refractivity contribution in [1.29, 1.82) is 0 Å². The van der Waals surface area contributed by atoms with Gasteiger partial charge in [-0.25, -0.2) is 0 Å². The normalized spacial score (nSPS) is 17.9. The highest BCUT2D eigenvalue weighted by Gasteiger charge is 2.28. The molecule has 2 amide bonds. The topological polar surface area (TPSA) is 76.7 Å². The average molecular weight is 401 g/mol. The number of thiophene rings is 1. The van der Waals surface area contributed by atoms with E-state index in [1.165, 1.54) is 16.2 Å². The van der Waals surface area contributed by atoms with Crippen LogP contribution < -0.4 is 15.4 Å². The second-order valence-corrected chi connectivity index (χ2v) is 8.16. The van der Waals surface area contributed by atoms with Crippen LogP contribution in [-0.2, 0) is 22.4 Å². The van der Waals surface area contributed by atoms with Crippen LogP contribution >= 0.6 is 11.3 Å². The van der Waals surface area contributed by atoms with Gasteiger partial charge in [0.15, 0.2) is 6.61 Å². The zero-order chi connectivity index (χ0) is 19.3. The summed E-state index contributed by atoms with van der Waals surface area (Å²) in [6, 6.07) is 9.20. The minimum Gasteiger partial charge on any atom is -0.484 e. The molecule has 4 rings (SSSR count). The van der Waals surface area contributed by atoms with Crippen molar-refractivity contribution in [1.82, 2.24) is 5.32 Å². The second-order valence-electron chi connectivity index (χ2n) is 7.06. The molecule has 7 heteroatoms. The first kappa shape index (κ1) is 19.0. The zero-order valence-electron chi connectivity index (χ0n) is 15.7. The third kappa shape index (κ3) is 4.36. The lowest BCUT2D eigenvalue weighted by Gasteiger charge is -2.13. The van der Waals surface area contributed by atoms with Crippen LogP contribution in [0.3, 0.4) is 0 Å². The van der Waals surface area contributed by atoms with Gasteiger partial charge >= 0.3 is 0 Å². The van der Waals surface area contributed by atoms with E-state index in [1.54, 1.807) is 12.1 Å². The van der Waals surface area contributed by atoms with Crippen LogP contribution in [0, 0.1) is 0 Å². The number of carbonyl (C=O) groups is 2. The minimum absolute atomic E-state index is 0.0907. The van der Waals surface area contributed by atoms with Crippen LogP contribution in [0.1, 0.15) is 40.1 Å². The van der Waals surface area contributed by atoms with Crippen LogP contribution in [0.2, 0.25) is 0 Å². The second kappa shape index (κ2) is 8.75. The molecule has 0 bridgehead atoms. The molecule has 6 nitrogen and oxygen atoms in total. The van der Waals surface area contributed by atoms with Gasteiger partial charge in [-0.05, 0) is 49.8 Å². The van der Waals surface area contributed by atoms with Gasteiger partial charge in [-0.1, -0.05) is 18.2 Å². The summed E-state index contributed by atoms with van der Waals surface area (Å²) in [4.78, 5) is 26.4. The molecule has 148 valence electrons. The smallest absolute Gasteiger partial charge is 0.262 e. The van der Waals surface area contributed by atoms with Gasteiger partial charge < -0.3 is 20.1 Å². The molecule has 0 spiro atoms. The Morgan fingerprint density at radius 1 is 1.18 bits per heavy atom. The maximum absolute atomic E-state index is 12.9. The Hall–Kier alpha value is -2.38. The molecule has 28 heavy (non-hydrogen) atoms. The molecule has 0 radical (unpaired) electrons. The standard InChI is InChI=1S/C21H24N2O4S/c24-18(13-27-14-6-2-1-3-7-14)23-21-19(16-9-4-10-17(16)28-21)20(25)22-12-15-8-5-11-26-15/h1-3,6-7,15H,4-5,8-13H2,(H,22,25)(H,23,24). The average Bonchev–Trinajstić information content (AvgIpc) is 3.43. The van der Waals surface area contributed by atoms with Gasteiger partial charge in [-0.2, -0.15) is 0 Å².